The summed E-state index contributed by atoms with van der Waals surface area (Å²) in [7, 11) is -4.63. The third-order valence-corrected chi connectivity index (χ3v) is 4.30. The van der Waals surface area contributed by atoms with Crippen LogP contribution in [0.5, 0.6) is 0 Å². The Morgan fingerprint density at radius 2 is 1.86 bits per heavy atom. The van der Waals surface area contributed by atoms with E-state index < -0.39 is 32.5 Å². The van der Waals surface area contributed by atoms with Crippen molar-refractivity contribution in [1.29, 1.82) is 0 Å². The van der Waals surface area contributed by atoms with Crippen LogP contribution in [0, 0.1) is 0 Å². The van der Waals surface area contributed by atoms with Gasteiger partial charge in [0.25, 0.3) is 0 Å². The molecular formula is C13H17F2NO4S. The molecule has 0 saturated carbocycles. The van der Waals surface area contributed by atoms with Gasteiger partial charge in [0.15, 0.2) is 0 Å². The van der Waals surface area contributed by atoms with Crippen LogP contribution in [0.1, 0.15) is 26.2 Å². The van der Waals surface area contributed by atoms with Gasteiger partial charge >= 0.3 is 11.7 Å². The second-order valence-corrected chi connectivity index (χ2v) is 6.43. The number of sulfone groups is 1. The number of anilines is 1. The Bertz CT molecular complexity index is 572. The van der Waals surface area contributed by atoms with Crippen LogP contribution in [0.2, 0.25) is 0 Å². The van der Waals surface area contributed by atoms with Gasteiger partial charge in [-0.05, 0) is 30.7 Å². The molecule has 1 atom stereocenters. The number of benzene rings is 1. The number of carboxylic acids is 1. The number of hydrogen-bond donors (Lipinski definition) is 2. The van der Waals surface area contributed by atoms with Crippen LogP contribution in [-0.4, -0.2) is 31.3 Å². The lowest BCUT2D eigenvalue weighted by atomic mass is 10.1. The van der Waals surface area contributed by atoms with Crippen molar-refractivity contribution in [3.05, 3.63) is 24.3 Å². The molecule has 1 unspecified atom stereocenters. The summed E-state index contributed by atoms with van der Waals surface area (Å²) in [5.74, 6) is -4.50. The predicted molar refractivity (Wildman–Crippen MR) is 74.2 cm³/mol. The number of nitrogens with one attached hydrogen (secondary N) is 1. The van der Waals surface area contributed by atoms with Crippen molar-refractivity contribution < 1.29 is 27.1 Å². The molecule has 1 rings (SSSR count). The van der Waals surface area contributed by atoms with E-state index in [1.54, 1.807) is 0 Å². The van der Waals surface area contributed by atoms with Gasteiger partial charge in [-0.3, -0.25) is 0 Å². The molecule has 0 saturated heterocycles. The first kappa shape index (κ1) is 17.4. The molecule has 118 valence electrons. The maximum Gasteiger partial charge on any atom is 0.341 e. The molecular weight excluding hydrogens is 304 g/mol. The van der Waals surface area contributed by atoms with Crippen LogP contribution in [0.15, 0.2) is 29.2 Å². The van der Waals surface area contributed by atoms with E-state index in [-0.39, 0.29) is 0 Å². The van der Waals surface area contributed by atoms with Gasteiger partial charge in [-0.1, -0.05) is 19.8 Å². The van der Waals surface area contributed by atoms with E-state index in [2.05, 4.69) is 5.32 Å². The molecule has 1 aromatic rings. The van der Waals surface area contributed by atoms with Crippen molar-refractivity contribution in [2.24, 2.45) is 0 Å². The van der Waals surface area contributed by atoms with Crippen LogP contribution in [0.3, 0.4) is 0 Å². The van der Waals surface area contributed by atoms with Gasteiger partial charge in [0.2, 0.25) is 9.84 Å². The largest absolute Gasteiger partial charge is 0.480 e. The summed E-state index contributed by atoms with van der Waals surface area (Å²) in [6.07, 6.45) is 1.99. The third-order valence-electron chi connectivity index (χ3n) is 2.90. The fraction of sp³-hybridized carbons (Fsp3) is 0.462. The Kier molecular flexibility index (Phi) is 6.07. The third kappa shape index (κ3) is 4.66. The summed E-state index contributed by atoms with van der Waals surface area (Å²) in [5, 5.41) is 11.8. The SMILES string of the molecule is CCCCC(Nc1ccc(S(=O)(=O)C(F)F)cc1)C(=O)O. The number of carbonyl (C=O) groups is 1. The van der Waals surface area contributed by atoms with Crippen LogP contribution in [0.25, 0.3) is 0 Å². The second-order valence-electron chi connectivity index (χ2n) is 4.51. The number of rotatable bonds is 8. The van der Waals surface area contributed by atoms with E-state index in [0.29, 0.717) is 12.1 Å². The maximum absolute atomic E-state index is 12.4. The fourth-order valence-electron chi connectivity index (χ4n) is 1.71. The highest BCUT2D eigenvalue weighted by molar-refractivity contribution is 7.91. The monoisotopic (exact) mass is 321 g/mol. The van der Waals surface area contributed by atoms with Crippen molar-refractivity contribution in [2.45, 2.75) is 42.9 Å². The number of aliphatic carboxylic acids is 1. The lowest BCUT2D eigenvalue weighted by Crippen LogP contribution is -2.29. The molecule has 21 heavy (non-hydrogen) atoms. The van der Waals surface area contributed by atoms with Gasteiger partial charge in [0.05, 0.1) is 4.90 Å². The molecule has 5 nitrogen and oxygen atoms in total. The highest BCUT2D eigenvalue weighted by Gasteiger charge is 2.26. The quantitative estimate of drug-likeness (QED) is 0.769. The lowest BCUT2D eigenvalue weighted by molar-refractivity contribution is -0.138. The first-order valence-corrected chi connectivity index (χ1v) is 7.95. The molecule has 8 heteroatoms. The predicted octanol–water partition coefficient (Wildman–Crippen LogP) is 2.74. The van der Waals surface area contributed by atoms with Gasteiger partial charge in [0, 0.05) is 5.69 Å². The number of halogens is 2. The Morgan fingerprint density at radius 3 is 2.29 bits per heavy atom. The molecule has 0 aromatic heterocycles. The Balaban J connectivity index is 2.85. The molecule has 0 radical (unpaired) electrons. The number of alkyl halides is 2. The van der Waals surface area contributed by atoms with Crippen molar-refractivity contribution in [2.75, 3.05) is 5.32 Å². The molecule has 0 bridgehead atoms. The van der Waals surface area contributed by atoms with Crippen molar-refractivity contribution in [1.82, 2.24) is 0 Å². The summed E-state index contributed by atoms with van der Waals surface area (Å²) in [6.45, 7) is 1.93. The van der Waals surface area contributed by atoms with Gasteiger partial charge in [-0.15, -0.1) is 0 Å². The smallest absolute Gasteiger partial charge is 0.341 e. The zero-order valence-electron chi connectivity index (χ0n) is 11.4. The number of carboxylic acid groups (broad SMARTS) is 1. The van der Waals surface area contributed by atoms with Gasteiger partial charge in [-0.25, -0.2) is 13.2 Å². The Morgan fingerprint density at radius 1 is 1.29 bits per heavy atom. The van der Waals surface area contributed by atoms with Crippen molar-refractivity contribution in [3.8, 4) is 0 Å². The van der Waals surface area contributed by atoms with Gasteiger partial charge in [0.1, 0.15) is 6.04 Å². The summed E-state index contributed by atoms with van der Waals surface area (Å²) >= 11 is 0. The molecule has 0 fully saturated rings. The fourth-order valence-corrected chi connectivity index (χ4v) is 2.43. The van der Waals surface area contributed by atoms with E-state index in [1.807, 2.05) is 6.92 Å². The zero-order valence-corrected chi connectivity index (χ0v) is 12.2. The standard InChI is InChI=1S/C13H17F2NO4S/c1-2-3-4-11(12(17)18)16-9-5-7-10(8-6-9)21(19,20)13(14)15/h5-8,11,13,16H,2-4H2,1H3,(H,17,18). The van der Waals surface area contributed by atoms with E-state index in [9.17, 15) is 22.0 Å². The van der Waals surface area contributed by atoms with Crippen molar-refractivity contribution in [3.63, 3.8) is 0 Å². The molecule has 1 aromatic carbocycles. The minimum Gasteiger partial charge on any atom is -0.480 e. The average Bonchev–Trinajstić information content (AvgIpc) is 2.43. The molecule has 0 heterocycles. The minimum absolute atomic E-state index is 0.367. The topological polar surface area (TPSA) is 83.5 Å². The van der Waals surface area contributed by atoms with Crippen LogP contribution in [0.4, 0.5) is 14.5 Å². The molecule has 0 aliphatic carbocycles. The molecule has 0 aliphatic rings. The Hall–Kier alpha value is -1.70. The zero-order chi connectivity index (χ0) is 16.0. The molecule has 0 amide bonds. The molecule has 2 N–H and O–H groups in total. The Labute approximate surface area is 121 Å². The van der Waals surface area contributed by atoms with Crippen molar-refractivity contribution >= 4 is 21.5 Å². The summed E-state index contributed by atoms with van der Waals surface area (Å²) in [5.41, 5.74) is 0.367. The summed E-state index contributed by atoms with van der Waals surface area (Å²) in [4.78, 5) is 10.6. The van der Waals surface area contributed by atoms with E-state index in [4.69, 9.17) is 5.11 Å². The first-order valence-electron chi connectivity index (χ1n) is 6.40. The summed E-state index contributed by atoms with van der Waals surface area (Å²) in [6, 6.07) is 3.81. The average molecular weight is 321 g/mol. The van der Waals surface area contributed by atoms with E-state index >= 15 is 0 Å². The summed E-state index contributed by atoms with van der Waals surface area (Å²) < 4.78 is 47.2. The van der Waals surface area contributed by atoms with Gasteiger partial charge in [-0.2, -0.15) is 8.78 Å². The van der Waals surface area contributed by atoms with E-state index in [0.717, 1.165) is 25.0 Å². The molecule has 0 aliphatic heterocycles. The van der Waals surface area contributed by atoms with Gasteiger partial charge < -0.3 is 10.4 Å². The van der Waals surface area contributed by atoms with E-state index in [1.165, 1.54) is 12.1 Å². The van der Waals surface area contributed by atoms with Crippen LogP contribution >= 0.6 is 0 Å². The normalized spacial score (nSPS) is 13.1. The number of hydrogen-bond acceptors (Lipinski definition) is 4. The lowest BCUT2D eigenvalue weighted by Gasteiger charge is -2.15. The first-order chi connectivity index (χ1) is 9.78. The minimum atomic E-state index is -4.63. The number of unbranched alkanes of at least 4 members (excludes halogenated alkanes) is 1. The van der Waals surface area contributed by atoms with Crippen LogP contribution < -0.4 is 5.32 Å². The van der Waals surface area contributed by atoms with Crippen LogP contribution in [-0.2, 0) is 14.6 Å². The second kappa shape index (κ2) is 7.35. The molecule has 0 spiro atoms. The highest BCUT2D eigenvalue weighted by atomic mass is 32.2. The maximum atomic E-state index is 12.4. The highest BCUT2D eigenvalue weighted by Crippen LogP contribution is 2.21.